The molecular weight excluding hydrogens is 240 g/mol. The molecule has 0 bridgehead atoms. The lowest BCUT2D eigenvalue weighted by Gasteiger charge is -2.20. The van der Waals surface area contributed by atoms with Gasteiger partial charge in [0.05, 0.1) is 0 Å². The molecule has 0 unspecified atom stereocenters. The normalized spacial score (nSPS) is 11.8. The first-order valence-electron chi connectivity index (χ1n) is 4.59. The Balaban J connectivity index is 3.38. The smallest absolute Gasteiger partial charge is 0.121 e. The Morgan fingerprint density at radius 1 is 1.00 bits per heavy atom. The Bertz CT molecular complexity index is 300. The quantitative estimate of drug-likeness (QED) is 0.534. The number of rotatable bonds is 1. The highest BCUT2D eigenvalue weighted by Gasteiger charge is 2.23. The Hall–Kier alpha value is -0.0831. The molecule has 0 saturated carbocycles. The molecule has 0 aliphatic carbocycles. The van der Waals surface area contributed by atoms with Crippen molar-refractivity contribution in [1.29, 1.82) is 0 Å². The van der Waals surface area contributed by atoms with Crippen molar-refractivity contribution in [1.82, 2.24) is 0 Å². The molecule has 0 nitrogen and oxygen atoms in total. The average molecular weight is 257 g/mol. The second-order valence-electron chi connectivity index (χ2n) is 4.25. The van der Waals surface area contributed by atoms with Crippen LogP contribution in [0.2, 0.25) is 13.1 Å². The fourth-order valence-electron chi connectivity index (χ4n) is 2.12. The van der Waals surface area contributed by atoms with Crippen molar-refractivity contribution in [3.8, 4) is 0 Å². The zero-order valence-corrected chi connectivity index (χ0v) is 11.6. The van der Waals surface area contributed by atoms with Gasteiger partial charge in [-0.15, -0.1) is 15.3 Å². The molecule has 0 aromatic heterocycles. The van der Waals surface area contributed by atoms with E-state index in [1.54, 1.807) is 5.19 Å². The number of hydrogen-bond donors (Lipinski definition) is 0. The van der Waals surface area contributed by atoms with E-state index in [2.05, 4.69) is 61.3 Å². The summed E-state index contributed by atoms with van der Waals surface area (Å²) in [5, 5.41) is 1.55. The summed E-state index contributed by atoms with van der Waals surface area (Å²) >= 11 is 3.85. The van der Waals surface area contributed by atoms with Gasteiger partial charge in [0.2, 0.25) is 0 Å². The maximum Gasteiger partial charge on any atom is 0.155 e. The molecule has 0 spiro atoms. The monoisotopic (exact) mass is 256 g/mol. The second-order valence-corrected chi connectivity index (χ2v) is 13.6. The van der Waals surface area contributed by atoms with E-state index in [-0.39, 0.29) is 0 Å². The van der Waals surface area contributed by atoms with Crippen molar-refractivity contribution < 1.29 is 0 Å². The molecular formula is C11H17BrSi. The van der Waals surface area contributed by atoms with Crippen molar-refractivity contribution >= 4 is 27.2 Å². The van der Waals surface area contributed by atoms with E-state index in [1.165, 1.54) is 16.7 Å². The van der Waals surface area contributed by atoms with Gasteiger partial charge >= 0.3 is 0 Å². The van der Waals surface area contributed by atoms with Gasteiger partial charge in [-0.2, -0.15) is 0 Å². The minimum Gasteiger partial charge on any atom is -0.121 e. The minimum atomic E-state index is -1.33. The van der Waals surface area contributed by atoms with Crippen LogP contribution in [0.5, 0.6) is 0 Å². The van der Waals surface area contributed by atoms with Crippen LogP contribution in [0.25, 0.3) is 0 Å². The molecule has 2 heteroatoms. The van der Waals surface area contributed by atoms with Gasteiger partial charge in [-0.25, -0.2) is 0 Å². The predicted octanol–water partition coefficient (Wildman–Crippen LogP) is 3.42. The molecule has 0 fully saturated rings. The van der Waals surface area contributed by atoms with Crippen LogP contribution in [-0.4, -0.2) is 6.69 Å². The zero-order valence-electron chi connectivity index (χ0n) is 9.03. The standard InChI is InChI=1S/C11H17BrSi/c1-8-6-9(2)11(10(3)7-8)13(4,5)12/h6-7H,1-5H3. The van der Waals surface area contributed by atoms with Gasteiger partial charge in [0, 0.05) is 0 Å². The highest BCUT2D eigenvalue weighted by Crippen LogP contribution is 2.17. The van der Waals surface area contributed by atoms with E-state index in [4.69, 9.17) is 0 Å². The molecule has 0 aliphatic rings. The van der Waals surface area contributed by atoms with Gasteiger partial charge in [-0.05, 0) is 26.0 Å². The Labute approximate surface area is 90.0 Å². The van der Waals surface area contributed by atoms with Crippen LogP contribution in [0, 0.1) is 20.8 Å². The van der Waals surface area contributed by atoms with E-state index in [0.717, 1.165) is 0 Å². The zero-order chi connectivity index (χ0) is 10.2. The molecule has 0 amide bonds. The fourth-order valence-corrected chi connectivity index (χ4v) is 6.01. The molecule has 1 aromatic carbocycles. The summed E-state index contributed by atoms with van der Waals surface area (Å²) in [7, 11) is 0. The topological polar surface area (TPSA) is 0 Å². The van der Waals surface area contributed by atoms with Crippen molar-refractivity contribution in [2.45, 2.75) is 33.9 Å². The molecule has 13 heavy (non-hydrogen) atoms. The van der Waals surface area contributed by atoms with Crippen LogP contribution in [0.3, 0.4) is 0 Å². The van der Waals surface area contributed by atoms with E-state index >= 15 is 0 Å². The first-order valence-corrected chi connectivity index (χ1v) is 9.85. The van der Waals surface area contributed by atoms with Gasteiger partial charge in [-0.1, -0.05) is 41.9 Å². The Kier molecular flexibility index (Phi) is 3.03. The van der Waals surface area contributed by atoms with Crippen molar-refractivity contribution in [3.63, 3.8) is 0 Å². The first kappa shape index (κ1) is 11.0. The van der Waals surface area contributed by atoms with Gasteiger partial charge in [0.1, 0.15) is 0 Å². The Morgan fingerprint density at radius 2 is 1.38 bits per heavy atom. The van der Waals surface area contributed by atoms with Crippen molar-refractivity contribution in [2.75, 3.05) is 0 Å². The van der Waals surface area contributed by atoms with Gasteiger partial charge in [-0.3, -0.25) is 0 Å². The molecule has 0 radical (unpaired) electrons. The summed E-state index contributed by atoms with van der Waals surface area (Å²) in [4.78, 5) is 0. The molecule has 1 aromatic rings. The summed E-state index contributed by atoms with van der Waals surface area (Å²) in [5.41, 5.74) is 4.24. The number of aryl methyl sites for hydroxylation is 3. The van der Waals surface area contributed by atoms with Crippen LogP contribution in [-0.2, 0) is 0 Å². The molecule has 0 saturated heterocycles. The SMILES string of the molecule is Cc1cc(C)c([Si](C)(C)Br)c(C)c1. The summed E-state index contributed by atoms with van der Waals surface area (Å²) < 4.78 is 0. The lowest BCUT2D eigenvalue weighted by molar-refractivity contribution is 1.35. The summed E-state index contributed by atoms with van der Waals surface area (Å²) in [6.45, 7) is 9.92. The summed E-state index contributed by atoms with van der Waals surface area (Å²) in [6, 6.07) is 4.55. The predicted molar refractivity (Wildman–Crippen MR) is 66.7 cm³/mol. The third-order valence-corrected chi connectivity index (χ3v) is 5.44. The molecule has 1 rings (SSSR count). The highest BCUT2D eigenvalue weighted by atomic mass is 79.9. The maximum atomic E-state index is 3.85. The van der Waals surface area contributed by atoms with Crippen molar-refractivity contribution in [2.24, 2.45) is 0 Å². The van der Waals surface area contributed by atoms with E-state index < -0.39 is 6.69 Å². The van der Waals surface area contributed by atoms with Crippen LogP contribution >= 0.6 is 15.3 Å². The van der Waals surface area contributed by atoms with E-state index in [1.807, 2.05) is 0 Å². The largest absolute Gasteiger partial charge is 0.155 e. The highest BCUT2D eigenvalue weighted by molar-refractivity contribution is 9.26. The lowest BCUT2D eigenvalue weighted by Crippen LogP contribution is -2.38. The minimum absolute atomic E-state index is 1.33. The average Bonchev–Trinajstić information content (AvgIpc) is 1.78. The maximum absolute atomic E-state index is 3.85. The molecule has 0 heterocycles. The van der Waals surface area contributed by atoms with E-state index in [0.29, 0.717) is 0 Å². The molecule has 0 N–H and O–H groups in total. The van der Waals surface area contributed by atoms with Crippen LogP contribution in [0.15, 0.2) is 12.1 Å². The number of hydrogen-bond acceptors (Lipinski definition) is 0. The van der Waals surface area contributed by atoms with Crippen LogP contribution in [0.1, 0.15) is 16.7 Å². The number of halogens is 1. The van der Waals surface area contributed by atoms with Crippen molar-refractivity contribution in [3.05, 3.63) is 28.8 Å². The molecule has 0 aliphatic heterocycles. The summed E-state index contributed by atoms with van der Waals surface area (Å²) in [6.07, 6.45) is 0. The Morgan fingerprint density at radius 3 is 1.69 bits per heavy atom. The van der Waals surface area contributed by atoms with Gasteiger partial charge in [0.25, 0.3) is 0 Å². The number of benzene rings is 1. The van der Waals surface area contributed by atoms with Gasteiger partial charge in [0.15, 0.2) is 6.69 Å². The van der Waals surface area contributed by atoms with Gasteiger partial charge < -0.3 is 0 Å². The van der Waals surface area contributed by atoms with Crippen LogP contribution in [0.4, 0.5) is 0 Å². The molecule has 72 valence electrons. The first-order chi connectivity index (χ1) is 5.82. The summed E-state index contributed by atoms with van der Waals surface area (Å²) in [5.74, 6) is 0. The third kappa shape index (κ3) is 2.44. The van der Waals surface area contributed by atoms with Crippen LogP contribution < -0.4 is 5.19 Å². The second kappa shape index (κ2) is 3.58. The molecule has 0 atom stereocenters. The third-order valence-electron chi connectivity index (χ3n) is 2.27. The lowest BCUT2D eigenvalue weighted by atomic mass is 10.1. The fraction of sp³-hybridized carbons (Fsp3) is 0.455. The van der Waals surface area contributed by atoms with E-state index in [9.17, 15) is 0 Å².